The van der Waals surface area contributed by atoms with Crippen LogP contribution in [0.4, 0.5) is 0 Å². The zero-order valence-corrected chi connectivity index (χ0v) is 5.55. The van der Waals surface area contributed by atoms with Crippen molar-refractivity contribution >= 4 is 12.6 Å². The largest absolute Gasteiger partial charge is 0.280 e. The van der Waals surface area contributed by atoms with Gasteiger partial charge in [-0.1, -0.05) is 4.99 Å². The smallest absolute Gasteiger partial charge is 0.239 e. The van der Waals surface area contributed by atoms with Gasteiger partial charge in [-0.25, -0.2) is 4.58 Å². The van der Waals surface area contributed by atoms with E-state index in [0.29, 0.717) is 0 Å². The van der Waals surface area contributed by atoms with Crippen LogP contribution < -0.4 is 0 Å². The van der Waals surface area contributed by atoms with Crippen molar-refractivity contribution in [3.63, 3.8) is 0 Å². The van der Waals surface area contributed by atoms with Crippen molar-refractivity contribution in [1.82, 2.24) is 0 Å². The zero-order valence-electron chi connectivity index (χ0n) is 5.55. The number of rotatable bonds is 0. The summed E-state index contributed by atoms with van der Waals surface area (Å²) in [5, 5.41) is 0. The highest BCUT2D eigenvalue weighted by Crippen LogP contribution is 2.06. The SMILES string of the molecule is C[N+]1=CC(C)(C)N=C1. The Kier molecular flexibility index (Phi) is 0.962. The van der Waals surface area contributed by atoms with Gasteiger partial charge in [0.15, 0.2) is 5.54 Å². The summed E-state index contributed by atoms with van der Waals surface area (Å²) in [5.41, 5.74) is 0.0365. The molecule has 0 radical (unpaired) electrons. The van der Waals surface area contributed by atoms with E-state index in [1.807, 2.05) is 18.0 Å². The van der Waals surface area contributed by atoms with Crippen LogP contribution in [0.2, 0.25) is 0 Å². The van der Waals surface area contributed by atoms with Gasteiger partial charge in [-0.2, -0.15) is 0 Å². The second-order valence-corrected chi connectivity index (χ2v) is 2.69. The lowest BCUT2D eigenvalue weighted by atomic mass is 10.1. The normalized spacial score (nSPS) is 23.6. The van der Waals surface area contributed by atoms with E-state index in [1.54, 1.807) is 0 Å². The number of nitrogens with zero attached hydrogens (tertiary/aromatic N) is 2. The lowest BCUT2D eigenvalue weighted by Gasteiger charge is -1.96. The lowest BCUT2D eigenvalue weighted by molar-refractivity contribution is -0.352. The summed E-state index contributed by atoms with van der Waals surface area (Å²) >= 11 is 0. The molecule has 44 valence electrons. The second-order valence-electron chi connectivity index (χ2n) is 2.69. The molecule has 2 heteroatoms. The van der Waals surface area contributed by atoms with Crippen LogP contribution in [0.25, 0.3) is 0 Å². The van der Waals surface area contributed by atoms with Crippen molar-refractivity contribution in [3.05, 3.63) is 0 Å². The molecule has 1 rings (SSSR count). The fourth-order valence-electron chi connectivity index (χ4n) is 0.805. The molecular weight excluding hydrogens is 100 g/mol. The zero-order chi connectivity index (χ0) is 6.20. The third-order valence-corrected chi connectivity index (χ3v) is 1.09. The van der Waals surface area contributed by atoms with E-state index < -0.39 is 0 Å². The number of aliphatic imine (C=N–C) groups is 1. The summed E-state index contributed by atoms with van der Waals surface area (Å²) in [7, 11) is 1.98. The molecule has 8 heavy (non-hydrogen) atoms. The molecule has 0 saturated heterocycles. The second kappa shape index (κ2) is 1.41. The van der Waals surface area contributed by atoms with E-state index in [-0.39, 0.29) is 5.54 Å². The van der Waals surface area contributed by atoms with Gasteiger partial charge in [0, 0.05) is 0 Å². The Hall–Kier alpha value is -0.660. The molecule has 0 fully saturated rings. The summed E-state index contributed by atoms with van der Waals surface area (Å²) in [6.07, 6.45) is 3.91. The Morgan fingerprint density at radius 2 is 2.12 bits per heavy atom. The van der Waals surface area contributed by atoms with Gasteiger partial charge in [0.2, 0.25) is 0 Å². The molecule has 0 aromatic rings. The van der Waals surface area contributed by atoms with Crippen molar-refractivity contribution in [3.8, 4) is 0 Å². The first-order chi connectivity index (χ1) is 3.60. The minimum absolute atomic E-state index is 0.0365. The predicted molar refractivity (Wildman–Crippen MR) is 34.8 cm³/mol. The summed E-state index contributed by atoms with van der Waals surface area (Å²) < 4.78 is 1.97. The first-order valence-corrected chi connectivity index (χ1v) is 2.73. The van der Waals surface area contributed by atoms with Crippen LogP contribution in [0.15, 0.2) is 4.99 Å². The molecule has 1 heterocycles. The third-order valence-electron chi connectivity index (χ3n) is 1.09. The van der Waals surface area contributed by atoms with Crippen molar-refractivity contribution < 1.29 is 4.58 Å². The number of hydrogen-bond donors (Lipinski definition) is 0. The molecular formula is C6H11N2+. The van der Waals surface area contributed by atoms with Crippen LogP contribution in [-0.4, -0.2) is 29.7 Å². The van der Waals surface area contributed by atoms with Crippen LogP contribution in [-0.2, 0) is 0 Å². The van der Waals surface area contributed by atoms with Crippen molar-refractivity contribution in [2.24, 2.45) is 4.99 Å². The molecule has 1 aliphatic rings. The average Bonchev–Trinajstić information content (AvgIpc) is 1.82. The molecule has 0 amide bonds. The molecule has 0 saturated carbocycles. The average molecular weight is 111 g/mol. The standard InChI is InChI=1S/C6H11N2/c1-6(2)4-8(3)5-7-6/h4-5H,1-3H3/q+1. The van der Waals surface area contributed by atoms with E-state index >= 15 is 0 Å². The summed E-state index contributed by atoms with van der Waals surface area (Å²) in [6, 6.07) is 0. The van der Waals surface area contributed by atoms with Gasteiger partial charge in [-0.15, -0.1) is 0 Å². The van der Waals surface area contributed by atoms with Gasteiger partial charge >= 0.3 is 0 Å². The molecule has 0 aromatic carbocycles. The Morgan fingerprint density at radius 1 is 1.50 bits per heavy atom. The first kappa shape index (κ1) is 5.48. The maximum atomic E-state index is 4.19. The van der Waals surface area contributed by atoms with Gasteiger partial charge in [-0.05, 0) is 13.8 Å². The van der Waals surface area contributed by atoms with Gasteiger partial charge in [0.05, 0.1) is 7.05 Å². The first-order valence-electron chi connectivity index (χ1n) is 2.73. The van der Waals surface area contributed by atoms with E-state index in [1.165, 1.54) is 0 Å². The van der Waals surface area contributed by atoms with E-state index in [2.05, 4.69) is 25.1 Å². The maximum absolute atomic E-state index is 4.19. The Morgan fingerprint density at radius 3 is 2.25 bits per heavy atom. The Labute approximate surface area is 49.6 Å². The number of hydrogen-bond acceptors (Lipinski definition) is 1. The maximum Gasteiger partial charge on any atom is 0.280 e. The monoisotopic (exact) mass is 111 g/mol. The molecule has 1 aliphatic heterocycles. The minimum atomic E-state index is 0.0365. The van der Waals surface area contributed by atoms with Crippen LogP contribution in [0.5, 0.6) is 0 Å². The molecule has 0 bridgehead atoms. The Bertz CT molecular complexity index is 154. The van der Waals surface area contributed by atoms with Crippen molar-refractivity contribution in [2.45, 2.75) is 19.4 Å². The Balaban J connectivity index is 2.84. The molecule has 0 unspecified atom stereocenters. The molecule has 0 aromatic heterocycles. The fraction of sp³-hybridized carbons (Fsp3) is 0.667. The van der Waals surface area contributed by atoms with Gasteiger partial charge < -0.3 is 0 Å². The third kappa shape index (κ3) is 0.941. The van der Waals surface area contributed by atoms with Crippen LogP contribution in [0.3, 0.4) is 0 Å². The van der Waals surface area contributed by atoms with E-state index in [9.17, 15) is 0 Å². The minimum Gasteiger partial charge on any atom is -0.239 e. The van der Waals surface area contributed by atoms with Crippen molar-refractivity contribution in [1.29, 1.82) is 0 Å². The van der Waals surface area contributed by atoms with E-state index in [0.717, 1.165) is 0 Å². The van der Waals surface area contributed by atoms with Gasteiger partial charge in [0.25, 0.3) is 6.34 Å². The summed E-state index contributed by atoms with van der Waals surface area (Å²) in [4.78, 5) is 4.19. The lowest BCUT2D eigenvalue weighted by Crippen LogP contribution is -2.16. The topological polar surface area (TPSA) is 15.4 Å². The summed E-state index contributed by atoms with van der Waals surface area (Å²) in [6.45, 7) is 4.15. The van der Waals surface area contributed by atoms with Crippen LogP contribution in [0, 0.1) is 0 Å². The van der Waals surface area contributed by atoms with Crippen LogP contribution in [0.1, 0.15) is 13.8 Å². The summed E-state index contributed by atoms with van der Waals surface area (Å²) in [5.74, 6) is 0. The predicted octanol–water partition coefficient (Wildman–Crippen LogP) is 0.520. The van der Waals surface area contributed by atoms with Gasteiger partial charge in [-0.3, -0.25) is 0 Å². The molecule has 2 nitrogen and oxygen atoms in total. The molecule has 0 spiro atoms. The molecule has 0 aliphatic carbocycles. The highest BCUT2D eigenvalue weighted by molar-refractivity contribution is 5.74. The molecule has 0 N–H and O–H groups in total. The van der Waals surface area contributed by atoms with Crippen molar-refractivity contribution in [2.75, 3.05) is 7.05 Å². The van der Waals surface area contributed by atoms with Gasteiger partial charge in [0.1, 0.15) is 6.21 Å². The fourth-order valence-corrected chi connectivity index (χ4v) is 0.805. The molecule has 0 atom stereocenters. The highest BCUT2D eigenvalue weighted by Gasteiger charge is 2.25. The quantitative estimate of drug-likeness (QED) is 0.405. The van der Waals surface area contributed by atoms with E-state index in [4.69, 9.17) is 0 Å². The highest BCUT2D eigenvalue weighted by atomic mass is 15.1. The van der Waals surface area contributed by atoms with Crippen LogP contribution >= 0.6 is 0 Å².